The Morgan fingerprint density at radius 3 is 2.68 bits per heavy atom. The number of ether oxygens (including phenoxy) is 1. The van der Waals surface area contributed by atoms with Crippen molar-refractivity contribution in [1.29, 1.82) is 0 Å². The number of piperidine rings is 1. The van der Waals surface area contributed by atoms with E-state index >= 15 is 0 Å². The molecule has 1 saturated carbocycles. The Labute approximate surface area is 134 Å². The highest BCUT2D eigenvalue weighted by atomic mass is 35.5. The van der Waals surface area contributed by atoms with Crippen LogP contribution in [0.1, 0.15) is 23.3 Å². The molecule has 0 spiro atoms. The summed E-state index contributed by atoms with van der Waals surface area (Å²) >= 11 is 6.19. The number of halogens is 1. The highest BCUT2D eigenvalue weighted by Gasteiger charge is 2.43. The fourth-order valence-corrected chi connectivity index (χ4v) is 4.36. The van der Waals surface area contributed by atoms with Crippen LogP contribution in [0.25, 0.3) is 10.9 Å². The molecule has 2 bridgehead atoms. The SMILES string of the molecule is COC1[C@@H]2CC[C@H]1CN(C(=O)c1cc3c(Cl)cccc3[nH]1)C2. The van der Waals surface area contributed by atoms with Crippen molar-refractivity contribution in [2.75, 3.05) is 20.2 Å². The third kappa shape index (κ3) is 2.13. The van der Waals surface area contributed by atoms with E-state index in [0.717, 1.165) is 36.8 Å². The first-order chi connectivity index (χ1) is 10.7. The first kappa shape index (κ1) is 14.1. The summed E-state index contributed by atoms with van der Waals surface area (Å²) in [6.45, 7) is 1.58. The predicted octanol–water partition coefficient (Wildman–Crippen LogP) is 3.32. The summed E-state index contributed by atoms with van der Waals surface area (Å²) in [5.74, 6) is 1.01. The number of fused-ring (bicyclic) bond motifs is 3. The van der Waals surface area contributed by atoms with Crippen molar-refractivity contribution in [3.8, 4) is 0 Å². The van der Waals surface area contributed by atoms with Crippen molar-refractivity contribution in [3.63, 3.8) is 0 Å². The van der Waals surface area contributed by atoms with E-state index in [1.54, 1.807) is 7.11 Å². The number of nitrogens with zero attached hydrogens (tertiary/aromatic N) is 1. The third-order valence-electron chi connectivity index (χ3n) is 5.15. The van der Waals surface area contributed by atoms with Crippen LogP contribution in [0.2, 0.25) is 5.02 Å². The third-order valence-corrected chi connectivity index (χ3v) is 5.48. The molecule has 22 heavy (non-hydrogen) atoms. The van der Waals surface area contributed by atoms with Crippen LogP contribution < -0.4 is 0 Å². The highest BCUT2D eigenvalue weighted by molar-refractivity contribution is 6.35. The van der Waals surface area contributed by atoms with Crippen molar-refractivity contribution in [1.82, 2.24) is 9.88 Å². The van der Waals surface area contributed by atoms with E-state index in [9.17, 15) is 4.79 Å². The molecule has 1 saturated heterocycles. The van der Waals surface area contributed by atoms with E-state index in [1.165, 1.54) is 0 Å². The zero-order chi connectivity index (χ0) is 15.3. The molecule has 3 atom stereocenters. The van der Waals surface area contributed by atoms with Crippen LogP contribution in [0, 0.1) is 11.8 Å². The molecule has 1 aromatic carbocycles. The van der Waals surface area contributed by atoms with Gasteiger partial charge in [0.05, 0.1) is 6.10 Å². The Bertz CT molecular complexity index is 713. The van der Waals surface area contributed by atoms with Gasteiger partial charge in [0.15, 0.2) is 0 Å². The highest BCUT2D eigenvalue weighted by Crippen LogP contribution is 2.39. The summed E-state index contributed by atoms with van der Waals surface area (Å²) < 4.78 is 5.61. The number of rotatable bonds is 2. The average Bonchev–Trinajstić information content (AvgIpc) is 3.06. The van der Waals surface area contributed by atoms with Gasteiger partial charge >= 0.3 is 0 Å². The molecule has 4 rings (SSSR count). The molecular formula is C17H19ClN2O2. The number of benzene rings is 1. The summed E-state index contributed by atoms with van der Waals surface area (Å²) in [6, 6.07) is 7.54. The Morgan fingerprint density at radius 1 is 1.32 bits per heavy atom. The summed E-state index contributed by atoms with van der Waals surface area (Å²) in [4.78, 5) is 18.0. The molecule has 2 aliphatic rings. The number of methoxy groups -OCH3 is 1. The Kier molecular flexibility index (Phi) is 3.39. The summed E-state index contributed by atoms with van der Waals surface area (Å²) in [5.41, 5.74) is 1.53. The van der Waals surface area contributed by atoms with Crippen LogP contribution >= 0.6 is 11.6 Å². The van der Waals surface area contributed by atoms with Crippen molar-refractivity contribution < 1.29 is 9.53 Å². The second-order valence-corrected chi connectivity index (χ2v) is 6.80. The van der Waals surface area contributed by atoms with Gasteiger partial charge in [0.25, 0.3) is 5.91 Å². The molecule has 0 radical (unpaired) electrons. The number of carbonyl (C=O) groups is 1. The molecular weight excluding hydrogens is 300 g/mol. The van der Waals surface area contributed by atoms with Crippen molar-refractivity contribution in [2.45, 2.75) is 18.9 Å². The van der Waals surface area contributed by atoms with E-state index in [2.05, 4.69) is 4.98 Å². The molecule has 2 fully saturated rings. The molecule has 2 aromatic rings. The molecule has 1 aliphatic heterocycles. The Morgan fingerprint density at radius 2 is 2.05 bits per heavy atom. The molecule has 5 heteroatoms. The number of amides is 1. The number of nitrogens with one attached hydrogen (secondary N) is 1. The summed E-state index contributed by atoms with van der Waals surface area (Å²) in [7, 11) is 1.78. The van der Waals surface area contributed by atoms with Crippen LogP contribution in [0.5, 0.6) is 0 Å². The summed E-state index contributed by atoms with van der Waals surface area (Å²) in [6.07, 6.45) is 2.64. The molecule has 1 aromatic heterocycles. The standard InChI is InChI=1S/C17H19ClN2O2/c1-22-16-10-5-6-11(16)9-20(8-10)17(21)15-7-12-13(18)3-2-4-14(12)19-15/h2-4,7,10-11,16,19H,5-6,8-9H2,1H3/t10-,11+,16?. The lowest BCUT2D eigenvalue weighted by molar-refractivity contribution is -0.0115. The van der Waals surface area contributed by atoms with Crippen LogP contribution in [0.4, 0.5) is 0 Å². The predicted molar refractivity (Wildman–Crippen MR) is 86.2 cm³/mol. The van der Waals surface area contributed by atoms with Crippen molar-refractivity contribution >= 4 is 28.4 Å². The normalized spacial score (nSPS) is 27.5. The van der Waals surface area contributed by atoms with Crippen LogP contribution in [0.15, 0.2) is 24.3 Å². The fraction of sp³-hybridized carbons (Fsp3) is 0.471. The first-order valence-corrected chi connectivity index (χ1v) is 8.14. The minimum Gasteiger partial charge on any atom is -0.381 e. The zero-order valence-corrected chi connectivity index (χ0v) is 13.3. The quantitative estimate of drug-likeness (QED) is 0.923. The number of likely N-dealkylation sites (tertiary alicyclic amines) is 1. The largest absolute Gasteiger partial charge is 0.381 e. The molecule has 1 amide bonds. The summed E-state index contributed by atoms with van der Waals surface area (Å²) in [5, 5.41) is 1.58. The lowest BCUT2D eigenvalue weighted by Crippen LogP contribution is -2.48. The van der Waals surface area contributed by atoms with Gasteiger partial charge < -0.3 is 14.6 Å². The van der Waals surface area contributed by atoms with Gasteiger partial charge in [0.1, 0.15) is 5.69 Å². The lowest BCUT2D eigenvalue weighted by atomic mass is 9.94. The number of aromatic nitrogens is 1. The minimum absolute atomic E-state index is 0.0683. The topological polar surface area (TPSA) is 45.3 Å². The molecule has 2 heterocycles. The number of hydrogen-bond donors (Lipinski definition) is 1. The number of carbonyl (C=O) groups excluding carboxylic acids is 1. The maximum atomic E-state index is 12.8. The Hall–Kier alpha value is -1.52. The molecule has 4 nitrogen and oxygen atoms in total. The monoisotopic (exact) mass is 318 g/mol. The average molecular weight is 319 g/mol. The maximum Gasteiger partial charge on any atom is 0.270 e. The van der Waals surface area contributed by atoms with E-state index < -0.39 is 0 Å². The molecule has 116 valence electrons. The van der Waals surface area contributed by atoms with Gasteiger partial charge in [-0.3, -0.25) is 4.79 Å². The van der Waals surface area contributed by atoms with E-state index in [0.29, 0.717) is 28.7 Å². The fourth-order valence-electron chi connectivity index (χ4n) is 4.13. The van der Waals surface area contributed by atoms with Gasteiger partial charge in [-0.25, -0.2) is 0 Å². The van der Waals surface area contributed by atoms with Gasteiger partial charge in [-0.1, -0.05) is 17.7 Å². The molecule has 1 N–H and O–H groups in total. The first-order valence-electron chi connectivity index (χ1n) is 7.76. The number of hydrogen-bond acceptors (Lipinski definition) is 2. The smallest absolute Gasteiger partial charge is 0.270 e. The van der Waals surface area contributed by atoms with Gasteiger partial charge in [-0.05, 0) is 31.0 Å². The van der Waals surface area contributed by atoms with Crippen LogP contribution in [-0.4, -0.2) is 42.1 Å². The lowest BCUT2D eigenvalue weighted by Gasteiger charge is -2.37. The van der Waals surface area contributed by atoms with E-state index in [4.69, 9.17) is 16.3 Å². The van der Waals surface area contributed by atoms with Gasteiger partial charge in [0.2, 0.25) is 0 Å². The maximum absolute atomic E-state index is 12.8. The van der Waals surface area contributed by atoms with E-state index in [-0.39, 0.29) is 5.91 Å². The zero-order valence-electron chi connectivity index (χ0n) is 12.5. The van der Waals surface area contributed by atoms with Gasteiger partial charge in [-0.2, -0.15) is 0 Å². The van der Waals surface area contributed by atoms with Gasteiger partial charge in [0, 0.05) is 48.0 Å². The van der Waals surface area contributed by atoms with Crippen LogP contribution in [-0.2, 0) is 4.74 Å². The number of aromatic amines is 1. The second kappa shape index (κ2) is 5.28. The van der Waals surface area contributed by atoms with E-state index in [1.807, 2.05) is 29.2 Å². The number of H-pyrrole nitrogens is 1. The minimum atomic E-state index is 0.0683. The van der Waals surface area contributed by atoms with Gasteiger partial charge in [-0.15, -0.1) is 0 Å². The second-order valence-electron chi connectivity index (χ2n) is 6.39. The molecule has 1 aliphatic carbocycles. The van der Waals surface area contributed by atoms with Crippen molar-refractivity contribution in [2.24, 2.45) is 11.8 Å². The van der Waals surface area contributed by atoms with Crippen LogP contribution in [0.3, 0.4) is 0 Å². The van der Waals surface area contributed by atoms with Crippen molar-refractivity contribution in [3.05, 3.63) is 35.0 Å². The molecule has 1 unspecified atom stereocenters. The Balaban J connectivity index is 1.60.